The number of anilines is 1. The first-order chi connectivity index (χ1) is 10.1. The Bertz CT molecular complexity index is 495. The Kier molecular flexibility index (Phi) is 4.29. The van der Waals surface area contributed by atoms with Crippen molar-refractivity contribution in [3.8, 4) is 5.88 Å². The highest BCUT2D eigenvalue weighted by Gasteiger charge is 2.23. The van der Waals surface area contributed by atoms with Crippen LogP contribution in [0.25, 0.3) is 0 Å². The van der Waals surface area contributed by atoms with Crippen molar-refractivity contribution >= 4 is 5.95 Å². The molecule has 0 saturated carbocycles. The third kappa shape index (κ3) is 3.28. The van der Waals surface area contributed by atoms with Crippen LogP contribution in [0.4, 0.5) is 5.95 Å². The number of ether oxygens (including phenoxy) is 1. The fourth-order valence-electron chi connectivity index (χ4n) is 3.02. The zero-order chi connectivity index (χ0) is 14.8. The first-order valence-corrected chi connectivity index (χ1v) is 8.13. The van der Waals surface area contributed by atoms with Gasteiger partial charge in [-0.25, -0.2) is 4.98 Å². The first kappa shape index (κ1) is 14.6. The minimum absolute atomic E-state index is 0.159. The predicted molar refractivity (Wildman–Crippen MR) is 84.1 cm³/mol. The Morgan fingerprint density at radius 1 is 1.00 bits per heavy atom. The normalized spacial score (nSPS) is 19.7. The van der Waals surface area contributed by atoms with Crippen LogP contribution < -0.4 is 9.64 Å². The summed E-state index contributed by atoms with van der Waals surface area (Å²) in [6.07, 6.45) is 4.73. The van der Waals surface area contributed by atoms with E-state index >= 15 is 0 Å². The van der Waals surface area contributed by atoms with Crippen molar-refractivity contribution in [3.63, 3.8) is 0 Å². The molecule has 2 heterocycles. The van der Waals surface area contributed by atoms with E-state index in [9.17, 15) is 0 Å². The van der Waals surface area contributed by atoms with E-state index in [4.69, 9.17) is 14.7 Å². The highest BCUT2D eigenvalue weighted by Crippen LogP contribution is 2.30. The van der Waals surface area contributed by atoms with Gasteiger partial charge in [0, 0.05) is 31.7 Å². The van der Waals surface area contributed by atoms with Gasteiger partial charge in [-0.1, -0.05) is 0 Å². The monoisotopic (exact) mass is 290 g/mol. The maximum atomic E-state index is 5.98. The van der Waals surface area contributed by atoms with Gasteiger partial charge in [-0.2, -0.15) is 4.98 Å². The number of hydrogen-bond donors (Lipinski definition) is 0. The molecule has 1 aromatic heterocycles. The van der Waals surface area contributed by atoms with Crippen LogP contribution in [0.3, 0.4) is 0 Å². The highest BCUT2D eigenvalue weighted by molar-refractivity contribution is 5.42. The van der Waals surface area contributed by atoms with Crippen LogP contribution in [0.2, 0.25) is 0 Å². The lowest BCUT2D eigenvalue weighted by Gasteiger charge is -2.33. The Hall–Kier alpha value is -1.36. The molecule has 1 saturated heterocycles. The molecule has 0 spiro atoms. The van der Waals surface area contributed by atoms with Gasteiger partial charge in [0.2, 0.25) is 11.8 Å². The van der Waals surface area contributed by atoms with Crippen LogP contribution in [-0.2, 0) is 12.8 Å². The molecule has 3 rings (SSSR count). The van der Waals surface area contributed by atoms with Crippen molar-refractivity contribution in [2.45, 2.75) is 45.6 Å². The lowest BCUT2D eigenvalue weighted by Crippen LogP contribution is -2.45. The molecule has 1 aliphatic heterocycles. The molecule has 1 aliphatic carbocycles. The number of aryl methyl sites for hydroxylation is 1. The first-order valence-electron chi connectivity index (χ1n) is 8.13. The van der Waals surface area contributed by atoms with Gasteiger partial charge in [0.1, 0.15) is 0 Å². The standard InChI is InChI=1S/C16H26N4O/c1-12(2)21-15-13-6-4-5-7-14(13)17-16(18-15)20-10-8-19(3)9-11-20/h12H,4-11H2,1-3H3. The zero-order valence-corrected chi connectivity index (χ0v) is 13.4. The van der Waals surface area contributed by atoms with Crippen LogP contribution in [0.15, 0.2) is 0 Å². The topological polar surface area (TPSA) is 41.5 Å². The summed E-state index contributed by atoms with van der Waals surface area (Å²) in [4.78, 5) is 14.2. The van der Waals surface area contributed by atoms with Crippen molar-refractivity contribution < 1.29 is 4.74 Å². The number of nitrogens with zero attached hydrogens (tertiary/aromatic N) is 4. The molecular weight excluding hydrogens is 264 g/mol. The molecule has 0 radical (unpaired) electrons. The van der Waals surface area contributed by atoms with Crippen molar-refractivity contribution in [2.75, 3.05) is 38.1 Å². The summed E-state index contributed by atoms with van der Waals surface area (Å²) in [5.41, 5.74) is 2.45. The minimum Gasteiger partial charge on any atom is -0.475 e. The largest absolute Gasteiger partial charge is 0.475 e. The van der Waals surface area contributed by atoms with Crippen LogP contribution >= 0.6 is 0 Å². The number of fused-ring (bicyclic) bond motifs is 1. The summed E-state index contributed by atoms with van der Waals surface area (Å²) in [5.74, 6) is 1.68. The Morgan fingerprint density at radius 2 is 1.71 bits per heavy atom. The van der Waals surface area contributed by atoms with Crippen LogP contribution in [0.1, 0.15) is 37.9 Å². The van der Waals surface area contributed by atoms with E-state index < -0.39 is 0 Å². The maximum Gasteiger partial charge on any atom is 0.228 e. The number of likely N-dealkylation sites (N-methyl/N-ethyl adjacent to an activating group) is 1. The quantitative estimate of drug-likeness (QED) is 0.850. The highest BCUT2D eigenvalue weighted by atomic mass is 16.5. The molecule has 0 aromatic carbocycles. The Labute approximate surface area is 127 Å². The molecule has 116 valence electrons. The molecule has 5 nitrogen and oxygen atoms in total. The maximum absolute atomic E-state index is 5.98. The van der Waals surface area contributed by atoms with Crippen molar-refractivity contribution in [3.05, 3.63) is 11.3 Å². The third-order valence-electron chi connectivity index (χ3n) is 4.27. The molecular formula is C16H26N4O. The van der Waals surface area contributed by atoms with E-state index in [1.807, 2.05) is 0 Å². The molecule has 0 N–H and O–H groups in total. The van der Waals surface area contributed by atoms with Gasteiger partial charge in [0.25, 0.3) is 0 Å². The molecule has 0 unspecified atom stereocenters. The summed E-state index contributed by atoms with van der Waals surface area (Å²) in [6.45, 7) is 8.26. The van der Waals surface area contributed by atoms with E-state index in [2.05, 4.69) is 30.7 Å². The fourth-order valence-corrected chi connectivity index (χ4v) is 3.02. The fraction of sp³-hybridized carbons (Fsp3) is 0.750. The number of piperazine rings is 1. The second-order valence-electron chi connectivity index (χ2n) is 6.42. The SMILES string of the molecule is CC(C)Oc1nc(N2CCN(C)CC2)nc2c1CCCC2. The average molecular weight is 290 g/mol. The molecule has 5 heteroatoms. The van der Waals surface area contributed by atoms with Crippen molar-refractivity contribution in [1.82, 2.24) is 14.9 Å². The van der Waals surface area contributed by atoms with Gasteiger partial charge in [-0.05, 0) is 46.6 Å². The minimum atomic E-state index is 0.159. The molecule has 0 bridgehead atoms. The summed E-state index contributed by atoms with van der Waals surface area (Å²) in [7, 11) is 2.17. The Morgan fingerprint density at radius 3 is 2.43 bits per heavy atom. The second-order valence-corrected chi connectivity index (χ2v) is 6.42. The van der Waals surface area contributed by atoms with Crippen molar-refractivity contribution in [1.29, 1.82) is 0 Å². The van der Waals surface area contributed by atoms with Crippen LogP contribution in [0, 0.1) is 0 Å². The van der Waals surface area contributed by atoms with E-state index in [1.165, 1.54) is 24.1 Å². The van der Waals surface area contributed by atoms with Crippen molar-refractivity contribution in [2.24, 2.45) is 0 Å². The van der Waals surface area contributed by atoms with Gasteiger partial charge in [0.05, 0.1) is 11.8 Å². The summed E-state index contributed by atoms with van der Waals surface area (Å²) < 4.78 is 5.98. The number of aromatic nitrogens is 2. The molecule has 21 heavy (non-hydrogen) atoms. The number of rotatable bonds is 3. The van der Waals surface area contributed by atoms with Gasteiger partial charge < -0.3 is 14.5 Å². The lowest BCUT2D eigenvalue weighted by molar-refractivity contribution is 0.228. The van der Waals surface area contributed by atoms with Crippen LogP contribution in [0.5, 0.6) is 5.88 Å². The second kappa shape index (κ2) is 6.18. The van der Waals surface area contributed by atoms with Gasteiger partial charge >= 0.3 is 0 Å². The molecule has 2 aliphatic rings. The molecule has 1 fully saturated rings. The third-order valence-corrected chi connectivity index (χ3v) is 4.27. The average Bonchev–Trinajstić information content (AvgIpc) is 2.47. The van der Waals surface area contributed by atoms with Crippen LogP contribution in [-0.4, -0.2) is 54.2 Å². The molecule has 1 aromatic rings. The Balaban J connectivity index is 1.90. The molecule has 0 amide bonds. The summed E-state index contributed by atoms with van der Waals surface area (Å²) in [6, 6.07) is 0. The van der Waals surface area contributed by atoms with E-state index in [1.54, 1.807) is 0 Å². The lowest BCUT2D eigenvalue weighted by atomic mass is 9.97. The number of hydrogen-bond acceptors (Lipinski definition) is 5. The van der Waals surface area contributed by atoms with Gasteiger partial charge in [0.15, 0.2) is 0 Å². The van der Waals surface area contributed by atoms with Gasteiger partial charge in [-0.15, -0.1) is 0 Å². The van der Waals surface area contributed by atoms with Gasteiger partial charge in [-0.3, -0.25) is 0 Å². The zero-order valence-electron chi connectivity index (χ0n) is 13.4. The molecule has 0 atom stereocenters. The van der Waals surface area contributed by atoms with E-state index in [0.29, 0.717) is 0 Å². The predicted octanol–water partition coefficient (Wildman–Crippen LogP) is 1.89. The summed E-state index contributed by atoms with van der Waals surface area (Å²) >= 11 is 0. The summed E-state index contributed by atoms with van der Waals surface area (Å²) in [5, 5.41) is 0. The smallest absolute Gasteiger partial charge is 0.228 e. The van der Waals surface area contributed by atoms with E-state index in [0.717, 1.165) is 50.8 Å². The van der Waals surface area contributed by atoms with E-state index in [-0.39, 0.29) is 6.10 Å².